The molecule has 100 valence electrons. The number of piperazine rings is 1. The minimum atomic E-state index is 0.0624. The van der Waals surface area contributed by atoms with Gasteiger partial charge < -0.3 is 10.6 Å². The predicted molar refractivity (Wildman–Crippen MR) is 74.0 cm³/mol. The Labute approximate surface area is 113 Å². The quantitative estimate of drug-likeness (QED) is 0.887. The summed E-state index contributed by atoms with van der Waals surface area (Å²) in [5, 5.41) is 0.571. The maximum atomic E-state index is 5.80. The van der Waals surface area contributed by atoms with Gasteiger partial charge in [-0.25, -0.2) is 9.97 Å². The van der Waals surface area contributed by atoms with Crippen molar-refractivity contribution in [3.63, 3.8) is 0 Å². The molecule has 1 aliphatic rings. The summed E-state index contributed by atoms with van der Waals surface area (Å²) in [7, 11) is 0. The SMILES string of the molecule is CC(C)(CN)N1CCN(c2ncc(Cl)cn2)CC1. The van der Waals surface area contributed by atoms with E-state index in [9.17, 15) is 0 Å². The fraction of sp³-hybridized carbons (Fsp3) is 0.667. The predicted octanol–water partition coefficient (Wildman–Crippen LogP) is 0.989. The molecule has 5 nitrogen and oxygen atoms in total. The number of hydrogen-bond acceptors (Lipinski definition) is 5. The van der Waals surface area contributed by atoms with Crippen LogP contribution in [0.4, 0.5) is 5.95 Å². The Hall–Kier alpha value is -0.910. The molecule has 0 unspecified atom stereocenters. The third-order valence-corrected chi connectivity index (χ3v) is 3.72. The highest BCUT2D eigenvalue weighted by Crippen LogP contribution is 2.18. The van der Waals surface area contributed by atoms with Crippen molar-refractivity contribution < 1.29 is 0 Å². The zero-order valence-corrected chi connectivity index (χ0v) is 11.7. The van der Waals surface area contributed by atoms with Crippen molar-refractivity contribution in [3.05, 3.63) is 17.4 Å². The number of hydrogen-bond donors (Lipinski definition) is 1. The number of nitrogens with zero attached hydrogens (tertiary/aromatic N) is 4. The molecule has 1 aliphatic heterocycles. The topological polar surface area (TPSA) is 58.3 Å². The van der Waals surface area contributed by atoms with Gasteiger partial charge in [0.1, 0.15) is 0 Å². The molecule has 6 heteroatoms. The van der Waals surface area contributed by atoms with Crippen molar-refractivity contribution in [2.45, 2.75) is 19.4 Å². The van der Waals surface area contributed by atoms with Gasteiger partial charge in [0, 0.05) is 38.3 Å². The van der Waals surface area contributed by atoms with Crippen LogP contribution in [-0.2, 0) is 0 Å². The standard InChI is InChI=1S/C12H20ClN5/c1-12(2,9-14)18-5-3-17(4-6-18)11-15-7-10(13)8-16-11/h7-8H,3-6,9,14H2,1-2H3. The third kappa shape index (κ3) is 2.91. The first-order valence-electron chi connectivity index (χ1n) is 6.20. The molecule has 1 fully saturated rings. The largest absolute Gasteiger partial charge is 0.338 e. The molecular weight excluding hydrogens is 250 g/mol. The third-order valence-electron chi connectivity index (χ3n) is 3.52. The molecule has 0 bridgehead atoms. The smallest absolute Gasteiger partial charge is 0.225 e. The highest BCUT2D eigenvalue weighted by molar-refractivity contribution is 6.30. The number of nitrogens with two attached hydrogens (primary N) is 1. The van der Waals surface area contributed by atoms with Crippen LogP contribution < -0.4 is 10.6 Å². The van der Waals surface area contributed by atoms with Gasteiger partial charge in [-0.05, 0) is 13.8 Å². The van der Waals surface area contributed by atoms with Crippen LogP contribution in [-0.4, -0.2) is 53.1 Å². The van der Waals surface area contributed by atoms with Crippen molar-refractivity contribution in [2.75, 3.05) is 37.6 Å². The fourth-order valence-corrected chi connectivity index (χ4v) is 2.21. The van der Waals surface area contributed by atoms with Crippen molar-refractivity contribution >= 4 is 17.5 Å². The Morgan fingerprint density at radius 1 is 1.22 bits per heavy atom. The van der Waals surface area contributed by atoms with Crippen molar-refractivity contribution in [1.82, 2.24) is 14.9 Å². The van der Waals surface area contributed by atoms with Gasteiger partial charge in [-0.3, -0.25) is 4.90 Å². The lowest BCUT2D eigenvalue weighted by atomic mass is 10.0. The molecule has 2 N–H and O–H groups in total. The van der Waals surface area contributed by atoms with E-state index >= 15 is 0 Å². The maximum Gasteiger partial charge on any atom is 0.225 e. The summed E-state index contributed by atoms with van der Waals surface area (Å²) in [6.45, 7) is 8.84. The number of halogens is 1. The molecule has 1 aromatic rings. The minimum Gasteiger partial charge on any atom is -0.338 e. The van der Waals surface area contributed by atoms with Crippen LogP contribution in [0.3, 0.4) is 0 Å². The zero-order valence-electron chi connectivity index (χ0n) is 10.9. The summed E-state index contributed by atoms with van der Waals surface area (Å²) >= 11 is 5.79. The highest BCUT2D eigenvalue weighted by atomic mass is 35.5. The molecule has 0 atom stereocenters. The second-order valence-electron chi connectivity index (χ2n) is 5.19. The molecule has 1 aromatic heterocycles. The van der Waals surface area contributed by atoms with Gasteiger partial charge in [0.2, 0.25) is 5.95 Å². The summed E-state index contributed by atoms with van der Waals surface area (Å²) in [6.07, 6.45) is 3.28. The van der Waals surface area contributed by atoms with Crippen molar-refractivity contribution in [1.29, 1.82) is 0 Å². The summed E-state index contributed by atoms with van der Waals surface area (Å²) < 4.78 is 0. The van der Waals surface area contributed by atoms with E-state index in [1.807, 2.05) is 0 Å². The maximum absolute atomic E-state index is 5.80. The van der Waals surface area contributed by atoms with Gasteiger partial charge >= 0.3 is 0 Å². The summed E-state index contributed by atoms with van der Waals surface area (Å²) in [4.78, 5) is 13.1. The number of anilines is 1. The minimum absolute atomic E-state index is 0.0624. The van der Waals surface area contributed by atoms with E-state index in [0.717, 1.165) is 32.1 Å². The van der Waals surface area contributed by atoms with E-state index in [4.69, 9.17) is 17.3 Å². The van der Waals surface area contributed by atoms with Crippen LogP contribution in [0.2, 0.25) is 5.02 Å². The van der Waals surface area contributed by atoms with Crippen LogP contribution in [0.5, 0.6) is 0 Å². The average molecular weight is 270 g/mol. The van der Waals surface area contributed by atoms with E-state index in [2.05, 4.69) is 33.6 Å². The molecule has 0 saturated carbocycles. The zero-order chi connectivity index (χ0) is 13.2. The first-order valence-corrected chi connectivity index (χ1v) is 6.58. The lowest BCUT2D eigenvalue weighted by Gasteiger charge is -2.43. The monoisotopic (exact) mass is 269 g/mol. The molecular formula is C12H20ClN5. The first-order chi connectivity index (χ1) is 8.53. The van der Waals surface area contributed by atoms with E-state index in [1.54, 1.807) is 12.4 Å². The van der Waals surface area contributed by atoms with Gasteiger partial charge in [0.15, 0.2) is 0 Å². The second kappa shape index (κ2) is 5.38. The van der Waals surface area contributed by atoms with Gasteiger partial charge in [-0.15, -0.1) is 0 Å². The van der Waals surface area contributed by atoms with E-state index in [-0.39, 0.29) is 5.54 Å². The molecule has 0 amide bonds. The van der Waals surface area contributed by atoms with Crippen LogP contribution in [0.15, 0.2) is 12.4 Å². The van der Waals surface area contributed by atoms with Crippen LogP contribution in [0, 0.1) is 0 Å². The van der Waals surface area contributed by atoms with E-state index in [1.165, 1.54) is 0 Å². The Morgan fingerprint density at radius 3 is 2.28 bits per heavy atom. The van der Waals surface area contributed by atoms with Gasteiger partial charge in [-0.1, -0.05) is 11.6 Å². The first kappa shape index (κ1) is 13.5. The second-order valence-corrected chi connectivity index (χ2v) is 5.63. The van der Waals surface area contributed by atoms with Gasteiger partial charge in [0.05, 0.1) is 17.4 Å². The highest BCUT2D eigenvalue weighted by Gasteiger charge is 2.29. The van der Waals surface area contributed by atoms with Crippen molar-refractivity contribution in [3.8, 4) is 0 Å². The Bertz CT molecular complexity index is 384. The molecule has 0 spiro atoms. The van der Waals surface area contributed by atoms with Crippen molar-refractivity contribution in [2.24, 2.45) is 5.73 Å². The summed E-state index contributed by atoms with van der Waals surface area (Å²) in [5.41, 5.74) is 5.87. The lowest BCUT2D eigenvalue weighted by molar-refractivity contribution is 0.118. The molecule has 1 saturated heterocycles. The molecule has 0 aliphatic carbocycles. The molecule has 2 heterocycles. The molecule has 0 radical (unpaired) electrons. The van der Waals surface area contributed by atoms with Crippen LogP contribution >= 0.6 is 11.6 Å². The van der Waals surface area contributed by atoms with E-state index < -0.39 is 0 Å². The molecule has 2 rings (SSSR count). The lowest BCUT2D eigenvalue weighted by Crippen LogP contribution is -2.57. The Kier molecular flexibility index (Phi) is 4.04. The van der Waals surface area contributed by atoms with Crippen LogP contribution in [0.1, 0.15) is 13.8 Å². The Morgan fingerprint density at radius 2 is 1.78 bits per heavy atom. The number of rotatable bonds is 3. The van der Waals surface area contributed by atoms with Gasteiger partial charge in [0.25, 0.3) is 0 Å². The molecule has 0 aromatic carbocycles. The van der Waals surface area contributed by atoms with Gasteiger partial charge in [-0.2, -0.15) is 0 Å². The average Bonchev–Trinajstić information content (AvgIpc) is 2.40. The number of aromatic nitrogens is 2. The van der Waals surface area contributed by atoms with E-state index in [0.29, 0.717) is 11.6 Å². The fourth-order valence-electron chi connectivity index (χ4n) is 2.11. The van der Waals surface area contributed by atoms with Crippen LogP contribution in [0.25, 0.3) is 0 Å². The normalized spacial score (nSPS) is 18.1. The molecule has 18 heavy (non-hydrogen) atoms. The summed E-state index contributed by atoms with van der Waals surface area (Å²) in [5.74, 6) is 0.754. The summed E-state index contributed by atoms with van der Waals surface area (Å²) in [6, 6.07) is 0. The Balaban J connectivity index is 1.96.